The van der Waals surface area contributed by atoms with Crippen molar-refractivity contribution < 1.29 is 28.8 Å². The van der Waals surface area contributed by atoms with E-state index in [4.69, 9.17) is 4.79 Å². The Morgan fingerprint density at radius 3 is 1.73 bits per heavy atom. The Bertz CT molecular complexity index is 954. The minimum absolute atomic E-state index is 0.0300. The molecule has 0 aromatic carbocycles. The van der Waals surface area contributed by atoms with Crippen molar-refractivity contribution in [3.63, 3.8) is 0 Å². The van der Waals surface area contributed by atoms with Crippen LogP contribution in [0.3, 0.4) is 0 Å². The number of urea groups is 1. The maximum Gasteiger partial charge on any atom is 0.316 e. The van der Waals surface area contributed by atoms with Gasteiger partial charge in [-0.1, -0.05) is 61.8 Å². The van der Waals surface area contributed by atoms with E-state index in [-0.39, 0.29) is 36.1 Å². The summed E-state index contributed by atoms with van der Waals surface area (Å²) in [6.45, 7) is 21.6. The van der Waals surface area contributed by atoms with Crippen LogP contribution in [0.25, 0.3) is 0 Å². The van der Waals surface area contributed by atoms with Crippen molar-refractivity contribution in [1.82, 2.24) is 25.8 Å². The number of ketones is 1. The Kier molecular flexibility index (Phi) is 18.6. The summed E-state index contributed by atoms with van der Waals surface area (Å²) in [6.07, 6.45) is 7.75. The lowest BCUT2D eigenvalue weighted by molar-refractivity contribution is -0.136. The van der Waals surface area contributed by atoms with Gasteiger partial charge in [0.05, 0.1) is 6.04 Å². The molecular formula is C33H62N6O6. The predicted molar refractivity (Wildman–Crippen MR) is 177 cm³/mol. The Morgan fingerprint density at radius 1 is 0.867 bits per heavy atom. The maximum absolute atomic E-state index is 13.2. The van der Waals surface area contributed by atoms with Crippen molar-refractivity contribution >= 4 is 36.4 Å². The SMILES string of the molecule is CC1CCCN1C(=O)C(NC(=O)NC(C(=O)N1CCCCC1)C(C)(C)C)C(C)(C)C.CCC(C)CC(NC=O)C(C)=O.NC=O. The molecular weight excluding hydrogens is 576 g/mol. The number of piperidine rings is 1. The second kappa shape index (κ2) is 20.0. The van der Waals surface area contributed by atoms with E-state index in [2.05, 4.69) is 42.5 Å². The monoisotopic (exact) mass is 638 g/mol. The van der Waals surface area contributed by atoms with Crippen LogP contribution >= 0.6 is 0 Å². The third-order valence-corrected chi connectivity index (χ3v) is 8.38. The summed E-state index contributed by atoms with van der Waals surface area (Å²) in [5.41, 5.74) is 3.29. The summed E-state index contributed by atoms with van der Waals surface area (Å²) >= 11 is 0. The maximum atomic E-state index is 13.2. The molecule has 260 valence electrons. The van der Waals surface area contributed by atoms with Gasteiger partial charge >= 0.3 is 6.03 Å². The van der Waals surface area contributed by atoms with E-state index in [1.54, 1.807) is 0 Å². The van der Waals surface area contributed by atoms with Crippen LogP contribution in [0.1, 0.15) is 114 Å². The summed E-state index contributed by atoms with van der Waals surface area (Å²) in [7, 11) is 0. The van der Waals surface area contributed by atoms with Crippen molar-refractivity contribution in [1.29, 1.82) is 0 Å². The smallest absolute Gasteiger partial charge is 0.316 e. The number of rotatable bonds is 10. The summed E-state index contributed by atoms with van der Waals surface area (Å²) in [4.78, 5) is 72.8. The molecule has 0 aliphatic carbocycles. The molecule has 2 heterocycles. The van der Waals surface area contributed by atoms with Gasteiger partial charge in [-0.15, -0.1) is 0 Å². The molecule has 45 heavy (non-hydrogen) atoms. The van der Waals surface area contributed by atoms with Gasteiger partial charge in [0, 0.05) is 25.7 Å². The minimum Gasteiger partial charge on any atom is -0.372 e. The number of nitrogens with zero attached hydrogens (tertiary/aromatic N) is 2. The summed E-state index contributed by atoms with van der Waals surface area (Å²) in [5.74, 6) is 0.426. The van der Waals surface area contributed by atoms with Crippen LogP contribution in [-0.2, 0) is 24.0 Å². The fraction of sp³-hybridized carbons (Fsp3) is 0.818. The number of hydrogen-bond acceptors (Lipinski definition) is 6. The molecule has 12 nitrogen and oxygen atoms in total. The second-order valence-electron chi connectivity index (χ2n) is 14.5. The van der Waals surface area contributed by atoms with Gasteiger partial charge in [0.15, 0.2) is 5.78 Å². The van der Waals surface area contributed by atoms with Gasteiger partial charge in [0.2, 0.25) is 24.6 Å². The molecule has 2 rings (SSSR count). The Hall–Kier alpha value is -3.18. The summed E-state index contributed by atoms with van der Waals surface area (Å²) in [6, 6.07) is -1.85. The predicted octanol–water partition coefficient (Wildman–Crippen LogP) is 3.37. The average molecular weight is 639 g/mol. The highest BCUT2D eigenvalue weighted by Crippen LogP contribution is 2.26. The van der Waals surface area contributed by atoms with Gasteiger partial charge in [-0.3, -0.25) is 24.0 Å². The van der Waals surface area contributed by atoms with Crippen molar-refractivity contribution in [2.75, 3.05) is 19.6 Å². The normalized spacial score (nSPS) is 19.2. The van der Waals surface area contributed by atoms with Gasteiger partial charge in [-0.25, -0.2) is 4.79 Å². The van der Waals surface area contributed by atoms with Gasteiger partial charge in [0.25, 0.3) is 0 Å². The number of amides is 6. The van der Waals surface area contributed by atoms with E-state index in [1.807, 2.05) is 51.3 Å². The van der Waals surface area contributed by atoms with E-state index < -0.39 is 28.9 Å². The Labute approximate surface area is 271 Å². The van der Waals surface area contributed by atoms with E-state index in [1.165, 1.54) is 6.92 Å². The van der Waals surface area contributed by atoms with Crippen LogP contribution in [0.5, 0.6) is 0 Å². The van der Waals surface area contributed by atoms with Gasteiger partial charge in [0.1, 0.15) is 12.1 Å². The minimum atomic E-state index is -0.649. The molecule has 2 fully saturated rings. The number of nitrogens with one attached hydrogen (secondary N) is 3. The molecule has 0 spiro atoms. The number of hydrogen-bond donors (Lipinski definition) is 4. The van der Waals surface area contributed by atoms with E-state index in [0.717, 1.165) is 64.6 Å². The Balaban J connectivity index is 0.00000108. The number of Topliss-reactive ketones (excluding diaryl/α,β-unsaturated/α-hetero) is 1. The van der Waals surface area contributed by atoms with E-state index in [0.29, 0.717) is 12.3 Å². The first-order valence-corrected chi connectivity index (χ1v) is 16.4. The first kappa shape index (κ1) is 41.8. The molecule has 0 aromatic heterocycles. The van der Waals surface area contributed by atoms with Crippen LogP contribution in [0, 0.1) is 16.7 Å². The zero-order valence-electron chi connectivity index (χ0n) is 29.5. The van der Waals surface area contributed by atoms with Crippen LogP contribution in [0.15, 0.2) is 0 Å². The average Bonchev–Trinajstić information content (AvgIpc) is 3.39. The lowest BCUT2D eigenvalue weighted by Gasteiger charge is -2.38. The molecule has 0 saturated carbocycles. The molecule has 0 aromatic rings. The molecule has 2 aliphatic heterocycles. The fourth-order valence-corrected chi connectivity index (χ4v) is 5.33. The first-order valence-electron chi connectivity index (χ1n) is 16.4. The van der Waals surface area contributed by atoms with Crippen molar-refractivity contribution in [2.45, 2.75) is 138 Å². The van der Waals surface area contributed by atoms with Crippen LogP contribution in [-0.4, -0.2) is 90.1 Å². The van der Waals surface area contributed by atoms with Crippen LogP contribution in [0.4, 0.5) is 4.79 Å². The third kappa shape index (κ3) is 15.1. The highest BCUT2D eigenvalue weighted by atomic mass is 16.2. The largest absolute Gasteiger partial charge is 0.372 e. The molecule has 12 heteroatoms. The number of primary amides is 1. The van der Waals surface area contributed by atoms with Crippen molar-refractivity contribution in [3.8, 4) is 0 Å². The Morgan fingerprint density at radius 2 is 1.36 bits per heavy atom. The molecule has 6 amide bonds. The highest BCUT2D eigenvalue weighted by molar-refractivity contribution is 5.91. The quantitative estimate of drug-likeness (QED) is 0.267. The lowest BCUT2D eigenvalue weighted by Crippen LogP contribution is -2.61. The standard InChI is InChI=1S/C23H42N4O3.C9H17NO2.CH3NO/c1-16-12-11-15-27(16)20(29)18(23(5,6)7)25-21(30)24-17(22(2,3)4)19(28)26-13-9-8-10-14-26;1-4-7(2)5-9(8(3)12)10-6-11;2-1-3/h16-18H,8-15H2,1-7H3,(H2,24,25,30);6-7,9H,4-5H2,1-3H3,(H,10,11);1H,(H2,2,3). The molecule has 2 aliphatic rings. The number of nitrogens with two attached hydrogens (primary N) is 1. The zero-order chi connectivity index (χ0) is 35.0. The first-order chi connectivity index (χ1) is 20.8. The molecule has 5 unspecified atom stereocenters. The van der Waals surface area contributed by atoms with Crippen molar-refractivity contribution in [3.05, 3.63) is 0 Å². The number of carbonyl (C=O) groups excluding carboxylic acids is 6. The van der Waals surface area contributed by atoms with Gasteiger partial charge in [-0.2, -0.15) is 0 Å². The lowest BCUT2D eigenvalue weighted by atomic mass is 9.85. The third-order valence-electron chi connectivity index (χ3n) is 8.38. The highest BCUT2D eigenvalue weighted by Gasteiger charge is 2.40. The molecule has 5 atom stereocenters. The number of likely N-dealkylation sites (tertiary alicyclic amines) is 2. The molecule has 0 bridgehead atoms. The van der Waals surface area contributed by atoms with Crippen LogP contribution in [0.2, 0.25) is 0 Å². The summed E-state index contributed by atoms with van der Waals surface area (Å²) in [5, 5.41) is 8.32. The number of carbonyl (C=O) groups is 6. The van der Waals surface area contributed by atoms with Gasteiger partial charge < -0.3 is 31.5 Å². The van der Waals surface area contributed by atoms with E-state index in [9.17, 15) is 24.0 Å². The zero-order valence-corrected chi connectivity index (χ0v) is 29.5. The molecule has 5 N–H and O–H groups in total. The summed E-state index contributed by atoms with van der Waals surface area (Å²) < 4.78 is 0. The molecule has 2 saturated heterocycles. The topological polar surface area (TPSA) is 171 Å². The second-order valence-corrected chi connectivity index (χ2v) is 14.5. The fourth-order valence-electron chi connectivity index (χ4n) is 5.33. The molecule has 0 radical (unpaired) electrons. The van der Waals surface area contributed by atoms with E-state index >= 15 is 0 Å². The van der Waals surface area contributed by atoms with Crippen molar-refractivity contribution in [2.24, 2.45) is 22.5 Å². The van der Waals surface area contributed by atoms with Crippen LogP contribution < -0.4 is 21.7 Å². The van der Waals surface area contributed by atoms with Gasteiger partial charge in [-0.05, 0) is 69.1 Å².